The van der Waals surface area contributed by atoms with E-state index in [1.807, 2.05) is 0 Å². The summed E-state index contributed by atoms with van der Waals surface area (Å²) < 4.78 is 0. The fourth-order valence-electron chi connectivity index (χ4n) is 0.204. The van der Waals surface area contributed by atoms with Crippen molar-refractivity contribution in [2.45, 2.75) is 19.6 Å². The Morgan fingerprint density at radius 1 is 1.29 bits per heavy atom. The van der Waals surface area contributed by atoms with Gasteiger partial charge < -0.3 is 5.11 Å². The molecule has 0 N–H and O–H groups in total. The normalized spacial score (nSPS) is 13.0. The first-order chi connectivity index (χ1) is 3.06. The van der Waals surface area contributed by atoms with Crippen LogP contribution < -0.4 is 5.11 Å². The number of rotatable bonds is 1. The third kappa shape index (κ3) is 5.76. The maximum atomic E-state index is 9.80. The molecule has 0 aliphatic rings. The molecule has 7 heavy (non-hydrogen) atoms. The van der Waals surface area contributed by atoms with Gasteiger partial charge in [0.05, 0.1) is 8.07 Å². The Labute approximate surface area is 45.7 Å². The third-order valence-electron chi connectivity index (χ3n) is 0.568. The van der Waals surface area contributed by atoms with E-state index in [2.05, 4.69) is 19.6 Å². The Morgan fingerprint density at radius 2 is 1.71 bits per heavy atom. The van der Waals surface area contributed by atoms with E-state index >= 15 is 0 Å². The van der Waals surface area contributed by atoms with E-state index in [1.54, 1.807) is 5.70 Å². The van der Waals surface area contributed by atoms with Gasteiger partial charge in [-0.2, -0.15) is 6.26 Å². The average molecular weight is 115 g/mol. The van der Waals surface area contributed by atoms with Crippen molar-refractivity contribution < 1.29 is 5.11 Å². The van der Waals surface area contributed by atoms with Crippen LogP contribution in [0.5, 0.6) is 0 Å². The molecular weight excluding hydrogens is 104 g/mol. The van der Waals surface area contributed by atoms with E-state index in [4.69, 9.17) is 0 Å². The van der Waals surface area contributed by atoms with Gasteiger partial charge in [-0.25, -0.2) is 0 Å². The van der Waals surface area contributed by atoms with Crippen LogP contribution in [-0.2, 0) is 0 Å². The highest BCUT2D eigenvalue weighted by atomic mass is 28.3. The van der Waals surface area contributed by atoms with E-state index in [0.29, 0.717) is 0 Å². The minimum absolute atomic E-state index is 0.895. The lowest BCUT2D eigenvalue weighted by molar-refractivity contribution is -0.274. The van der Waals surface area contributed by atoms with Crippen molar-refractivity contribution in [1.29, 1.82) is 0 Å². The van der Waals surface area contributed by atoms with E-state index in [-0.39, 0.29) is 0 Å². The smallest absolute Gasteiger partial charge is 0.0671 e. The summed E-state index contributed by atoms with van der Waals surface area (Å²) >= 11 is 0. The molecule has 2 heteroatoms. The molecule has 0 saturated carbocycles. The lowest BCUT2D eigenvalue weighted by Gasteiger charge is -2.08. The molecule has 0 aliphatic carbocycles. The van der Waals surface area contributed by atoms with Crippen molar-refractivity contribution >= 4 is 8.07 Å². The van der Waals surface area contributed by atoms with Gasteiger partial charge in [-0.05, 0) is 0 Å². The highest BCUT2D eigenvalue weighted by Gasteiger charge is 2.03. The van der Waals surface area contributed by atoms with Crippen LogP contribution in [-0.4, -0.2) is 8.07 Å². The van der Waals surface area contributed by atoms with Gasteiger partial charge in [0.25, 0.3) is 0 Å². The molecule has 1 nitrogen and oxygen atoms in total. The fraction of sp³-hybridized carbons (Fsp3) is 0.600. The van der Waals surface area contributed by atoms with Gasteiger partial charge in [0, 0.05) is 0 Å². The summed E-state index contributed by atoms with van der Waals surface area (Å²) in [5.74, 6) is 0. The van der Waals surface area contributed by atoms with Crippen molar-refractivity contribution in [3.8, 4) is 0 Å². The summed E-state index contributed by atoms with van der Waals surface area (Å²) in [4.78, 5) is 0. The highest BCUT2D eigenvalue weighted by molar-refractivity contribution is 6.80. The number of hydrogen-bond acceptors (Lipinski definition) is 1. The first-order valence-corrected chi connectivity index (χ1v) is 5.94. The van der Waals surface area contributed by atoms with Crippen LogP contribution in [0, 0.1) is 0 Å². The minimum Gasteiger partial charge on any atom is -0.878 e. The summed E-state index contributed by atoms with van der Waals surface area (Å²) in [5.41, 5.74) is 1.77. The second kappa shape index (κ2) is 2.16. The molecule has 0 bridgehead atoms. The summed E-state index contributed by atoms with van der Waals surface area (Å²) in [6.45, 7) is 6.38. The molecule has 0 radical (unpaired) electrons. The molecule has 0 heterocycles. The summed E-state index contributed by atoms with van der Waals surface area (Å²) in [6, 6.07) is 0. The van der Waals surface area contributed by atoms with Gasteiger partial charge >= 0.3 is 0 Å². The van der Waals surface area contributed by atoms with Crippen molar-refractivity contribution in [2.24, 2.45) is 0 Å². The summed E-state index contributed by atoms with van der Waals surface area (Å²) in [7, 11) is -1.15. The molecule has 0 rings (SSSR count). The van der Waals surface area contributed by atoms with E-state index in [1.165, 1.54) is 0 Å². The topological polar surface area (TPSA) is 23.1 Å². The third-order valence-corrected chi connectivity index (χ3v) is 1.70. The van der Waals surface area contributed by atoms with Crippen molar-refractivity contribution in [2.75, 3.05) is 0 Å². The standard InChI is InChI=1S/C5H12OSi/c1-7(2,3)5-4-6/h4-6H,1-3H3/p-1/b5-4+. The zero-order chi connectivity index (χ0) is 5.91. The molecule has 0 fully saturated rings. The second-order valence-corrected chi connectivity index (χ2v) is 7.73. The van der Waals surface area contributed by atoms with Crippen LogP contribution in [0.25, 0.3) is 0 Å². The molecule has 0 atom stereocenters. The molecule has 0 aromatic carbocycles. The molecule has 0 amide bonds. The molecule has 0 unspecified atom stereocenters. The molecule has 0 aromatic heterocycles. The lowest BCUT2D eigenvalue weighted by atomic mass is 11.2. The summed E-state index contributed by atoms with van der Waals surface area (Å²) in [6.07, 6.45) is 0.895. The molecular formula is C5H11OSi-. The summed E-state index contributed by atoms with van der Waals surface area (Å²) in [5, 5.41) is 9.80. The van der Waals surface area contributed by atoms with Gasteiger partial charge in [-0.3, -0.25) is 0 Å². The first kappa shape index (κ1) is 6.76. The van der Waals surface area contributed by atoms with Crippen molar-refractivity contribution in [3.05, 3.63) is 12.0 Å². The Kier molecular flexibility index (Phi) is 2.09. The lowest BCUT2D eigenvalue weighted by Crippen LogP contribution is -2.16. The van der Waals surface area contributed by atoms with Crippen molar-refractivity contribution in [3.63, 3.8) is 0 Å². The van der Waals surface area contributed by atoms with Gasteiger partial charge in [0.2, 0.25) is 0 Å². The fourth-order valence-corrected chi connectivity index (χ4v) is 0.612. The Bertz CT molecular complexity index is 70.6. The first-order valence-electron chi connectivity index (χ1n) is 2.36. The molecule has 0 saturated heterocycles. The SMILES string of the molecule is C[Si](C)(C)/C=C/[O-]. The quantitative estimate of drug-likeness (QED) is 0.365. The number of hydrogen-bond donors (Lipinski definition) is 0. The second-order valence-electron chi connectivity index (χ2n) is 2.67. The largest absolute Gasteiger partial charge is 0.878 e. The zero-order valence-corrected chi connectivity index (χ0v) is 6.06. The maximum absolute atomic E-state index is 9.80. The van der Waals surface area contributed by atoms with Crippen LogP contribution >= 0.6 is 0 Å². The van der Waals surface area contributed by atoms with Gasteiger partial charge in [0.1, 0.15) is 0 Å². The molecule has 0 aromatic rings. The monoisotopic (exact) mass is 115 g/mol. The molecule has 42 valence electrons. The van der Waals surface area contributed by atoms with Crippen LogP contribution in [0.4, 0.5) is 0 Å². The van der Waals surface area contributed by atoms with Crippen LogP contribution in [0.15, 0.2) is 12.0 Å². The van der Waals surface area contributed by atoms with E-state index in [0.717, 1.165) is 6.26 Å². The van der Waals surface area contributed by atoms with Crippen LogP contribution in [0.2, 0.25) is 19.6 Å². The van der Waals surface area contributed by atoms with E-state index in [9.17, 15) is 5.11 Å². The average Bonchev–Trinajstić information content (AvgIpc) is 1.30. The predicted molar refractivity (Wildman–Crippen MR) is 32.5 cm³/mol. The predicted octanol–water partition coefficient (Wildman–Crippen LogP) is 0.738. The Balaban J connectivity index is 3.56. The van der Waals surface area contributed by atoms with Gasteiger partial charge in [-0.15, -0.1) is 5.70 Å². The molecule has 0 aliphatic heterocycles. The Hall–Kier alpha value is -0.243. The van der Waals surface area contributed by atoms with Crippen molar-refractivity contribution in [1.82, 2.24) is 0 Å². The highest BCUT2D eigenvalue weighted by Crippen LogP contribution is 1.99. The van der Waals surface area contributed by atoms with Crippen LogP contribution in [0.3, 0.4) is 0 Å². The zero-order valence-electron chi connectivity index (χ0n) is 5.06. The molecule has 0 spiro atoms. The van der Waals surface area contributed by atoms with Gasteiger partial charge in [-0.1, -0.05) is 19.6 Å². The maximum Gasteiger partial charge on any atom is 0.0671 e. The Morgan fingerprint density at radius 3 is 1.71 bits per heavy atom. The van der Waals surface area contributed by atoms with Gasteiger partial charge in [0.15, 0.2) is 0 Å². The van der Waals surface area contributed by atoms with E-state index < -0.39 is 8.07 Å². The minimum atomic E-state index is -1.15. The van der Waals surface area contributed by atoms with Crippen LogP contribution in [0.1, 0.15) is 0 Å².